The van der Waals surface area contributed by atoms with Gasteiger partial charge in [-0.3, -0.25) is 14.5 Å². The molecule has 0 radical (unpaired) electrons. The fourth-order valence-electron chi connectivity index (χ4n) is 3.78. The summed E-state index contributed by atoms with van der Waals surface area (Å²) in [5.74, 6) is -0.443. The summed E-state index contributed by atoms with van der Waals surface area (Å²) in [6.07, 6.45) is 0.834. The Morgan fingerprint density at radius 3 is 2.10 bits per heavy atom. The Morgan fingerprint density at radius 2 is 1.58 bits per heavy atom. The Kier molecular flexibility index (Phi) is 8.62. The minimum Gasteiger partial charge on any atom is -0.354 e. The summed E-state index contributed by atoms with van der Waals surface area (Å²) in [5, 5.41) is 5.46. The maximum atomic E-state index is 13.4. The van der Waals surface area contributed by atoms with Crippen LogP contribution in [0.5, 0.6) is 0 Å². The molecule has 174 valence electrons. The van der Waals surface area contributed by atoms with E-state index in [0.29, 0.717) is 37.6 Å². The lowest BCUT2D eigenvalue weighted by Crippen LogP contribution is -2.53. The van der Waals surface area contributed by atoms with Crippen molar-refractivity contribution in [1.82, 2.24) is 19.8 Å². The molecule has 9 heteroatoms. The second kappa shape index (κ2) is 10.6. The third-order valence-electron chi connectivity index (χ3n) is 5.91. The minimum atomic E-state index is -3.61. The molecule has 1 heterocycles. The Hall–Kier alpha value is -1.97. The zero-order valence-electron chi connectivity index (χ0n) is 19.5. The Balaban J connectivity index is 1.97. The van der Waals surface area contributed by atoms with E-state index in [1.165, 1.54) is 4.31 Å². The summed E-state index contributed by atoms with van der Waals surface area (Å²) in [4.78, 5) is 26.5. The number of nitrogens with one attached hydrogen (secondary N) is 2. The number of hydrogen-bond acceptors (Lipinski definition) is 5. The van der Waals surface area contributed by atoms with Crippen LogP contribution in [0.1, 0.15) is 42.5 Å². The lowest BCUT2D eigenvalue weighted by molar-refractivity contribution is -0.129. The van der Waals surface area contributed by atoms with Gasteiger partial charge in [0.25, 0.3) is 0 Å². The standard InChI is InChI=1S/C22H36N4O4S/c1-7-8-23-22(28)19(6)24-20(27)14-25-9-11-26(12-10-25)31(29,30)21-17(4)15(2)13-16(3)18(21)5/h13,19H,7-12,14H2,1-6H3,(H,23,28)(H,24,27)/t19-/m0/s1. The highest BCUT2D eigenvalue weighted by Crippen LogP contribution is 2.29. The van der Waals surface area contributed by atoms with E-state index in [1.54, 1.807) is 6.92 Å². The smallest absolute Gasteiger partial charge is 0.243 e. The molecule has 0 saturated carbocycles. The second-order valence-electron chi connectivity index (χ2n) is 8.35. The van der Waals surface area contributed by atoms with Crippen LogP contribution in [-0.4, -0.2) is 74.7 Å². The molecule has 2 amide bonds. The van der Waals surface area contributed by atoms with Gasteiger partial charge < -0.3 is 10.6 Å². The van der Waals surface area contributed by atoms with Crippen LogP contribution in [-0.2, 0) is 19.6 Å². The molecule has 1 atom stereocenters. The Morgan fingerprint density at radius 1 is 1.03 bits per heavy atom. The van der Waals surface area contributed by atoms with E-state index in [4.69, 9.17) is 0 Å². The predicted octanol–water partition coefficient (Wildman–Crippen LogP) is 1.26. The number of benzene rings is 1. The number of hydrogen-bond donors (Lipinski definition) is 2. The molecule has 8 nitrogen and oxygen atoms in total. The highest BCUT2D eigenvalue weighted by Gasteiger charge is 2.32. The van der Waals surface area contributed by atoms with Gasteiger partial charge >= 0.3 is 0 Å². The normalized spacial score (nSPS) is 16.7. The molecule has 1 aromatic rings. The van der Waals surface area contributed by atoms with E-state index in [0.717, 1.165) is 28.7 Å². The molecule has 0 aromatic heterocycles. The first-order chi connectivity index (χ1) is 14.5. The zero-order chi connectivity index (χ0) is 23.3. The third kappa shape index (κ3) is 6.05. The van der Waals surface area contributed by atoms with Gasteiger partial charge in [-0.15, -0.1) is 0 Å². The summed E-state index contributed by atoms with van der Waals surface area (Å²) in [6.45, 7) is 13.5. The molecule has 0 spiro atoms. The van der Waals surface area contributed by atoms with Gasteiger partial charge in [0.15, 0.2) is 0 Å². The Bertz CT molecular complexity index is 896. The molecule has 0 unspecified atom stereocenters. The van der Waals surface area contributed by atoms with Gasteiger partial charge in [-0.05, 0) is 63.3 Å². The maximum absolute atomic E-state index is 13.4. The Labute approximate surface area is 186 Å². The summed E-state index contributed by atoms with van der Waals surface area (Å²) in [6, 6.07) is 1.42. The molecule has 1 fully saturated rings. The van der Waals surface area contributed by atoms with Crippen LogP contribution < -0.4 is 10.6 Å². The summed E-state index contributed by atoms with van der Waals surface area (Å²) >= 11 is 0. The van der Waals surface area contributed by atoms with Gasteiger partial charge in [0.2, 0.25) is 21.8 Å². The van der Waals surface area contributed by atoms with E-state index in [1.807, 2.05) is 45.6 Å². The number of sulfonamides is 1. The van der Waals surface area contributed by atoms with Crippen molar-refractivity contribution in [3.8, 4) is 0 Å². The van der Waals surface area contributed by atoms with Crippen molar-refractivity contribution in [3.63, 3.8) is 0 Å². The largest absolute Gasteiger partial charge is 0.354 e. The molecule has 31 heavy (non-hydrogen) atoms. The number of rotatable bonds is 8. The van der Waals surface area contributed by atoms with Gasteiger partial charge in [0.1, 0.15) is 6.04 Å². The first kappa shape index (κ1) is 25.3. The molecule has 0 bridgehead atoms. The van der Waals surface area contributed by atoms with Crippen LogP contribution in [0.25, 0.3) is 0 Å². The lowest BCUT2D eigenvalue weighted by Gasteiger charge is -2.34. The third-order valence-corrected chi connectivity index (χ3v) is 8.09. The quantitative estimate of drug-likeness (QED) is 0.619. The fraction of sp³-hybridized carbons (Fsp3) is 0.636. The number of piperazine rings is 1. The van der Waals surface area contributed by atoms with Crippen LogP contribution in [0.2, 0.25) is 0 Å². The van der Waals surface area contributed by atoms with Crippen molar-refractivity contribution in [2.45, 2.75) is 58.9 Å². The van der Waals surface area contributed by atoms with Crippen molar-refractivity contribution >= 4 is 21.8 Å². The SMILES string of the molecule is CCCNC(=O)[C@H](C)NC(=O)CN1CCN(S(=O)(=O)c2c(C)c(C)cc(C)c2C)CC1. The van der Waals surface area contributed by atoms with Gasteiger partial charge in [0, 0.05) is 32.7 Å². The minimum absolute atomic E-state index is 0.140. The topological polar surface area (TPSA) is 98.8 Å². The van der Waals surface area contributed by atoms with Crippen molar-refractivity contribution < 1.29 is 18.0 Å². The average Bonchev–Trinajstić information content (AvgIpc) is 2.70. The number of carbonyl (C=O) groups is 2. The van der Waals surface area contributed by atoms with Gasteiger partial charge in [-0.1, -0.05) is 13.0 Å². The van der Waals surface area contributed by atoms with E-state index < -0.39 is 16.1 Å². The molecular formula is C22H36N4O4S. The van der Waals surface area contributed by atoms with E-state index >= 15 is 0 Å². The summed E-state index contributed by atoms with van der Waals surface area (Å²) in [5.41, 5.74) is 3.52. The molecule has 2 N–H and O–H groups in total. The zero-order valence-corrected chi connectivity index (χ0v) is 20.4. The number of amides is 2. The molecule has 1 saturated heterocycles. The van der Waals surface area contributed by atoms with Crippen LogP contribution in [0, 0.1) is 27.7 Å². The van der Waals surface area contributed by atoms with Gasteiger partial charge in [-0.2, -0.15) is 4.31 Å². The van der Waals surface area contributed by atoms with Gasteiger partial charge in [-0.25, -0.2) is 8.42 Å². The van der Waals surface area contributed by atoms with Crippen LogP contribution in [0.3, 0.4) is 0 Å². The molecule has 1 aliphatic rings. The lowest BCUT2D eigenvalue weighted by atomic mass is 10.0. The number of aryl methyl sites for hydroxylation is 2. The van der Waals surface area contributed by atoms with Crippen molar-refractivity contribution in [2.75, 3.05) is 39.3 Å². The highest BCUT2D eigenvalue weighted by atomic mass is 32.2. The number of nitrogens with zero attached hydrogens (tertiary/aromatic N) is 2. The first-order valence-corrected chi connectivity index (χ1v) is 12.3. The van der Waals surface area contributed by atoms with Crippen molar-refractivity contribution in [3.05, 3.63) is 28.3 Å². The van der Waals surface area contributed by atoms with E-state index in [9.17, 15) is 18.0 Å². The van der Waals surface area contributed by atoms with Gasteiger partial charge in [0.05, 0.1) is 11.4 Å². The highest BCUT2D eigenvalue weighted by molar-refractivity contribution is 7.89. The average molecular weight is 453 g/mol. The second-order valence-corrected chi connectivity index (χ2v) is 10.2. The molecular weight excluding hydrogens is 416 g/mol. The summed E-state index contributed by atoms with van der Waals surface area (Å²) in [7, 11) is -3.61. The summed E-state index contributed by atoms with van der Waals surface area (Å²) < 4.78 is 28.2. The van der Waals surface area contributed by atoms with Crippen LogP contribution in [0.4, 0.5) is 0 Å². The van der Waals surface area contributed by atoms with E-state index in [2.05, 4.69) is 10.6 Å². The molecule has 0 aliphatic carbocycles. The molecule has 1 aliphatic heterocycles. The monoisotopic (exact) mass is 452 g/mol. The number of carbonyl (C=O) groups excluding carboxylic acids is 2. The molecule has 2 rings (SSSR count). The first-order valence-electron chi connectivity index (χ1n) is 10.9. The fourth-order valence-corrected chi connectivity index (χ4v) is 5.78. The predicted molar refractivity (Wildman–Crippen MR) is 121 cm³/mol. The van der Waals surface area contributed by atoms with Crippen molar-refractivity contribution in [1.29, 1.82) is 0 Å². The van der Waals surface area contributed by atoms with E-state index in [-0.39, 0.29) is 18.4 Å². The van der Waals surface area contributed by atoms with Crippen LogP contribution >= 0.6 is 0 Å². The van der Waals surface area contributed by atoms with Crippen molar-refractivity contribution in [2.24, 2.45) is 0 Å². The van der Waals surface area contributed by atoms with Crippen LogP contribution in [0.15, 0.2) is 11.0 Å². The maximum Gasteiger partial charge on any atom is 0.243 e. The molecule has 1 aromatic carbocycles.